The van der Waals surface area contributed by atoms with E-state index in [-0.39, 0.29) is 16.7 Å². The Balaban J connectivity index is 1.38. The molecule has 0 bridgehead atoms. The standard InChI is InChI=1S/C29H36N2O2/c1-22-10-12-24(13-11-22)29(14-6-3-7-15-29)27(33)31-18-16-28(17-19-31)20-26(32)30-21-25(28)23-8-4-2-5-9-23/h2,4-5,8-13,25H,3,6-7,14-21H2,1H3,(H,30,32). The maximum atomic E-state index is 14.1. The molecule has 1 saturated carbocycles. The highest BCUT2D eigenvalue weighted by Gasteiger charge is 2.49. The van der Waals surface area contributed by atoms with Gasteiger partial charge >= 0.3 is 0 Å². The monoisotopic (exact) mass is 444 g/mol. The second-order valence-corrected chi connectivity index (χ2v) is 10.6. The normalized spacial score (nSPS) is 24.3. The molecule has 4 nitrogen and oxygen atoms in total. The van der Waals surface area contributed by atoms with Gasteiger partial charge in [0.15, 0.2) is 0 Å². The quantitative estimate of drug-likeness (QED) is 0.715. The number of carbonyl (C=O) groups is 2. The number of piperidine rings is 2. The summed E-state index contributed by atoms with van der Waals surface area (Å²) >= 11 is 0. The zero-order chi connectivity index (χ0) is 22.9. The molecule has 2 saturated heterocycles. The first-order valence-electron chi connectivity index (χ1n) is 12.7. The van der Waals surface area contributed by atoms with Crippen LogP contribution >= 0.6 is 0 Å². The minimum Gasteiger partial charge on any atom is -0.355 e. The van der Waals surface area contributed by atoms with Crippen LogP contribution in [0.4, 0.5) is 0 Å². The number of benzene rings is 2. The Hall–Kier alpha value is -2.62. The van der Waals surface area contributed by atoms with Gasteiger partial charge in [-0.15, -0.1) is 0 Å². The molecule has 2 amide bonds. The van der Waals surface area contributed by atoms with Gasteiger partial charge in [-0.1, -0.05) is 79.4 Å². The van der Waals surface area contributed by atoms with E-state index in [9.17, 15) is 9.59 Å². The van der Waals surface area contributed by atoms with Gasteiger partial charge in [0.25, 0.3) is 0 Å². The van der Waals surface area contributed by atoms with Crippen LogP contribution in [0.5, 0.6) is 0 Å². The molecule has 1 atom stereocenters. The Morgan fingerprint density at radius 3 is 2.24 bits per heavy atom. The first-order chi connectivity index (χ1) is 16.0. The molecule has 2 aromatic rings. The summed E-state index contributed by atoms with van der Waals surface area (Å²) in [5.74, 6) is 0.789. The molecule has 1 N–H and O–H groups in total. The summed E-state index contributed by atoms with van der Waals surface area (Å²) in [6, 6.07) is 19.3. The minimum absolute atomic E-state index is 0.0515. The number of hydrogen-bond acceptors (Lipinski definition) is 2. The molecule has 1 aliphatic carbocycles. The fraction of sp³-hybridized carbons (Fsp3) is 0.517. The lowest BCUT2D eigenvalue weighted by Crippen LogP contribution is -2.56. The van der Waals surface area contributed by atoms with E-state index in [2.05, 4.69) is 65.7 Å². The summed E-state index contributed by atoms with van der Waals surface area (Å²) < 4.78 is 0. The third kappa shape index (κ3) is 4.09. The van der Waals surface area contributed by atoms with Crippen LogP contribution in [0.2, 0.25) is 0 Å². The van der Waals surface area contributed by atoms with Crippen molar-refractivity contribution in [1.82, 2.24) is 10.2 Å². The van der Waals surface area contributed by atoms with Crippen molar-refractivity contribution in [1.29, 1.82) is 0 Å². The molecule has 0 radical (unpaired) electrons. The number of hydrogen-bond donors (Lipinski definition) is 1. The molecular weight excluding hydrogens is 408 g/mol. The highest BCUT2D eigenvalue weighted by molar-refractivity contribution is 5.88. The summed E-state index contributed by atoms with van der Waals surface area (Å²) in [6.07, 6.45) is 7.72. The van der Waals surface area contributed by atoms with Gasteiger partial charge in [0.05, 0.1) is 5.41 Å². The highest BCUT2D eigenvalue weighted by Crippen LogP contribution is 2.50. The Morgan fingerprint density at radius 2 is 1.58 bits per heavy atom. The molecule has 5 rings (SSSR count). The van der Waals surface area contributed by atoms with Gasteiger partial charge in [-0.2, -0.15) is 0 Å². The molecule has 1 spiro atoms. The van der Waals surface area contributed by atoms with Crippen molar-refractivity contribution < 1.29 is 9.59 Å². The molecule has 33 heavy (non-hydrogen) atoms. The molecule has 2 aliphatic heterocycles. The summed E-state index contributed by atoms with van der Waals surface area (Å²) in [6.45, 7) is 4.31. The smallest absolute Gasteiger partial charge is 0.233 e. The van der Waals surface area contributed by atoms with Crippen LogP contribution < -0.4 is 5.32 Å². The summed E-state index contributed by atoms with van der Waals surface area (Å²) in [5, 5.41) is 3.10. The van der Waals surface area contributed by atoms with Crippen LogP contribution in [0.25, 0.3) is 0 Å². The molecule has 2 aromatic carbocycles. The predicted octanol–water partition coefficient (Wildman–Crippen LogP) is 5.11. The second kappa shape index (κ2) is 8.96. The van der Waals surface area contributed by atoms with Crippen molar-refractivity contribution in [2.75, 3.05) is 19.6 Å². The number of aryl methyl sites for hydroxylation is 1. The number of likely N-dealkylation sites (tertiary alicyclic amines) is 1. The van der Waals surface area contributed by atoms with E-state index >= 15 is 0 Å². The van der Waals surface area contributed by atoms with E-state index in [1.807, 2.05) is 6.07 Å². The molecule has 2 heterocycles. The van der Waals surface area contributed by atoms with Gasteiger partial charge in [0.1, 0.15) is 0 Å². The van der Waals surface area contributed by atoms with Crippen LogP contribution in [0.1, 0.15) is 74.0 Å². The second-order valence-electron chi connectivity index (χ2n) is 10.6. The van der Waals surface area contributed by atoms with E-state index in [1.54, 1.807) is 0 Å². The number of nitrogens with zero attached hydrogens (tertiary/aromatic N) is 1. The Labute approximate surface area is 197 Å². The molecule has 174 valence electrons. The minimum atomic E-state index is -0.376. The van der Waals surface area contributed by atoms with Crippen LogP contribution in [-0.2, 0) is 15.0 Å². The third-order valence-corrected chi connectivity index (χ3v) is 8.72. The first-order valence-corrected chi connectivity index (χ1v) is 12.7. The van der Waals surface area contributed by atoms with Crippen LogP contribution in [0.15, 0.2) is 54.6 Å². The lowest BCUT2D eigenvalue weighted by molar-refractivity contribution is -0.142. The fourth-order valence-corrected chi connectivity index (χ4v) is 6.73. The highest BCUT2D eigenvalue weighted by atomic mass is 16.2. The number of nitrogens with one attached hydrogen (secondary N) is 1. The van der Waals surface area contributed by atoms with Gasteiger partial charge in [-0.25, -0.2) is 0 Å². The number of carbonyl (C=O) groups excluding carboxylic acids is 2. The zero-order valence-electron chi connectivity index (χ0n) is 19.8. The number of amides is 2. The topological polar surface area (TPSA) is 49.4 Å². The van der Waals surface area contributed by atoms with Crippen molar-refractivity contribution in [3.8, 4) is 0 Å². The largest absolute Gasteiger partial charge is 0.355 e. The van der Waals surface area contributed by atoms with E-state index in [0.717, 1.165) is 51.6 Å². The SMILES string of the molecule is Cc1ccc(C2(C(=O)N3CCC4(CC3)CC(=O)NCC4c3ccccc3)CCCCC2)cc1. The van der Waals surface area contributed by atoms with E-state index < -0.39 is 0 Å². The average molecular weight is 445 g/mol. The third-order valence-electron chi connectivity index (χ3n) is 8.72. The van der Waals surface area contributed by atoms with Gasteiger partial charge < -0.3 is 10.2 Å². The van der Waals surface area contributed by atoms with E-state index in [0.29, 0.717) is 24.8 Å². The maximum absolute atomic E-state index is 14.1. The van der Waals surface area contributed by atoms with Crippen LogP contribution in [0.3, 0.4) is 0 Å². The zero-order valence-corrected chi connectivity index (χ0v) is 19.8. The first kappa shape index (κ1) is 22.2. The van der Waals surface area contributed by atoms with E-state index in [1.165, 1.54) is 23.1 Å². The molecular formula is C29H36N2O2. The molecule has 1 unspecified atom stereocenters. The van der Waals surface area contributed by atoms with Crippen molar-refractivity contribution in [2.24, 2.45) is 5.41 Å². The van der Waals surface area contributed by atoms with Gasteiger partial charge in [0.2, 0.25) is 11.8 Å². The van der Waals surface area contributed by atoms with Crippen molar-refractivity contribution in [3.63, 3.8) is 0 Å². The van der Waals surface area contributed by atoms with Crippen LogP contribution in [-0.4, -0.2) is 36.3 Å². The molecule has 4 heteroatoms. The lowest BCUT2D eigenvalue weighted by Gasteiger charge is -2.50. The van der Waals surface area contributed by atoms with Crippen molar-refractivity contribution in [2.45, 2.75) is 69.6 Å². The summed E-state index contributed by atoms with van der Waals surface area (Å²) in [5.41, 5.74) is 3.31. The Kier molecular flexibility index (Phi) is 6.03. The Bertz CT molecular complexity index is 984. The fourth-order valence-electron chi connectivity index (χ4n) is 6.73. The molecule has 0 aromatic heterocycles. The summed E-state index contributed by atoms with van der Waals surface area (Å²) in [4.78, 5) is 28.7. The van der Waals surface area contributed by atoms with Gasteiger partial charge in [-0.05, 0) is 49.1 Å². The van der Waals surface area contributed by atoms with Gasteiger partial charge in [-0.3, -0.25) is 9.59 Å². The maximum Gasteiger partial charge on any atom is 0.233 e. The average Bonchev–Trinajstić information content (AvgIpc) is 2.85. The van der Waals surface area contributed by atoms with Crippen LogP contribution in [0, 0.1) is 12.3 Å². The van der Waals surface area contributed by atoms with Crippen molar-refractivity contribution in [3.05, 3.63) is 71.3 Å². The summed E-state index contributed by atoms with van der Waals surface area (Å²) in [7, 11) is 0. The predicted molar refractivity (Wildman–Crippen MR) is 131 cm³/mol. The number of rotatable bonds is 3. The lowest BCUT2D eigenvalue weighted by atomic mass is 9.62. The molecule has 3 aliphatic rings. The van der Waals surface area contributed by atoms with Gasteiger partial charge in [0, 0.05) is 32.0 Å². The Morgan fingerprint density at radius 1 is 0.909 bits per heavy atom. The van der Waals surface area contributed by atoms with E-state index in [4.69, 9.17) is 0 Å². The van der Waals surface area contributed by atoms with Crippen molar-refractivity contribution >= 4 is 11.8 Å². The molecule has 3 fully saturated rings.